The summed E-state index contributed by atoms with van der Waals surface area (Å²) in [5, 5.41) is 3.49. The van der Waals surface area contributed by atoms with Crippen molar-refractivity contribution in [1.29, 1.82) is 0 Å². The van der Waals surface area contributed by atoms with Gasteiger partial charge in [0.05, 0.1) is 16.7 Å². The normalized spacial score (nSPS) is 17.3. The Bertz CT molecular complexity index is 612. The average Bonchev–Trinajstić information content (AvgIpc) is 3.03. The Balaban J connectivity index is 1.97. The fourth-order valence-corrected chi connectivity index (χ4v) is 2.58. The van der Waals surface area contributed by atoms with E-state index in [1.54, 1.807) is 0 Å². The number of fused-ring (bicyclic) bond motifs is 1. The van der Waals surface area contributed by atoms with Crippen LogP contribution >= 0.6 is 15.9 Å². The fourth-order valence-electron chi connectivity index (χ4n) is 2.13. The summed E-state index contributed by atoms with van der Waals surface area (Å²) in [6.07, 6.45) is 2.63. The third-order valence-electron chi connectivity index (χ3n) is 3.32. The minimum absolute atomic E-state index is 0.167. The van der Waals surface area contributed by atoms with Gasteiger partial charge in [-0.15, -0.1) is 0 Å². The minimum Gasteiger partial charge on any atom is -0.381 e. The largest absolute Gasteiger partial charge is 0.381 e. The molecular formula is C12H14BrN3O. The van der Waals surface area contributed by atoms with Crippen molar-refractivity contribution in [2.75, 3.05) is 5.32 Å². The SMILES string of the molecule is CC(Nc1cc2[nH]c(=O)[nH]c2cc1Br)C1CC1. The van der Waals surface area contributed by atoms with Crippen molar-refractivity contribution in [3.63, 3.8) is 0 Å². The van der Waals surface area contributed by atoms with Crippen molar-refractivity contribution in [2.45, 2.75) is 25.8 Å². The van der Waals surface area contributed by atoms with Crippen LogP contribution in [0.4, 0.5) is 5.69 Å². The van der Waals surface area contributed by atoms with Gasteiger partial charge in [0.2, 0.25) is 0 Å². The minimum atomic E-state index is -0.167. The molecule has 1 aliphatic rings. The molecule has 0 amide bonds. The quantitative estimate of drug-likeness (QED) is 0.815. The number of anilines is 1. The summed E-state index contributed by atoms with van der Waals surface area (Å²) in [5.74, 6) is 0.794. The summed E-state index contributed by atoms with van der Waals surface area (Å²) in [4.78, 5) is 16.7. The van der Waals surface area contributed by atoms with Gasteiger partial charge in [0.1, 0.15) is 0 Å². The molecule has 0 bridgehead atoms. The third-order valence-corrected chi connectivity index (χ3v) is 3.97. The second-order valence-corrected chi connectivity index (χ2v) is 5.58. The van der Waals surface area contributed by atoms with Gasteiger partial charge in [-0.25, -0.2) is 4.79 Å². The number of aromatic amines is 2. The zero-order valence-corrected chi connectivity index (χ0v) is 11.1. The van der Waals surface area contributed by atoms with Gasteiger partial charge in [0.25, 0.3) is 0 Å². The molecule has 2 aromatic rings. The lowest BCUT2D eigenvalue weighted by Gasteiger charge is -2.15. The molecular weight excluding hydrogens is 282 g/mol. The predicted octanol–water partition coefficient (Wildman–Crippen LogP) is 2.83. The molecule has 5 heteroatoms. The first-order valence-corrected chi connectivity index (χ1v) is 6.61. The van der Waals surface area contributed by atoms with Gasteiger partial charge < -0.3 is 15.3 Å². The molecule has 0 spiro atoms. The molecule has 3 rings (SSSR count). The van der Waals surface area contributed by atoms with Gasteiger partial charge in [0, 0.05) is 10.5 Å². The molecule has 1 atom stereocenters. The lowest BCUT2D eigenvalue weighted by Crippen LogP contribution is -2.17. The highest BCUT2D eigenvalue weighted by molar-refractivity contribution is 9.10. The van der Waals surface area contributed by atoms with Crippen molar-refractivity contribution >= 4 is 32.7 Å². The van der Waals surface area contributed by atoms with Crippen LogP contribution in [0.3, 0.4) is 0 Å². The first-order valence-electron chi connectivity index (χ1n) is 5.81. The Morgan fingerprint density at radius 3 is 2.65 bits per heavy atom. The molecule has 0 radical (unpaired) electrons. The van der Waals surface area contributed by atoms with Crippen LogP contribution in [-0.4, -0.2) is 16.0 Å². The van der Waals surface area contributed by atoms with Crippen LogP contribution in [0.15, 0.2) is 21.4 Å². The van der Waals surface area contributed by atoms with E-state index >= 15 is 0 Å². The second kappa shape index (κ2) is 3.91. The fraction of sp³-hybridized carbons (Fsp3) is 0.417. The van der Waals surface area contributed by atoms with E-state index in [2.05, 4.69) is 38.1 Å². The Morgan fingerprint density at radius 1 is 1.35 bits per heavy atom. The number of hydrogen-bond donors (Lipinski definition) is 3. The number of nitrogens with one attached hydrogen (secondary N) is 3. The number of hydrogen-bond acceptors (Lipinski definition) is 2. The van der Waals surface area contributed by atoms with Crippen molar-refractivity contribution in [2.24, 2.45) is 5.92 Å². The number of halogens is 1. The zero-order chi connectivity index (χ0) is 12.0. The summed E-state index contributed by atoms with van der Waals surface area (Å²) in [6.45, 7) is 2.20. The molecule has 1 unspecified atom stereocenters. The lowest BCUT2D eigenvalue weighted by atomic mass is 10.2. The van der Waals surface area contributed by atoms with Gasteiger partial charge in [-0.05, 0) is 53.7 Å². The highest BCUT2D eigenvalue weighted by Gasteiger charge is 2.28. The van der Waals surface area contributed by atoms with Crippen LogP contribution in [0.1, 0.15) is 19.8 Å². The molecule has 1 aliphatic carbocycles. The van der Waals surface area contributed by atoms with E-state index in [0.717, 1.165) is 27.1 Å². The van der Waals surface area contributed by atoms with E-state index < -0.39 is 0 Å². The standard InChI is InChI=1S/C12H14BrN3O/c1-6(7-2-3-7)14-9-5-11-10(4-8(9)13)15-12(17)16-11/h4-7,14H,2-3H2,1H3,(H2,15,16,17). The van der Waals surface area contributed by atoms with Gasteiger partial charge in [-0.1, -0.05) is 0 Å². The van der Waals surface area contributed by atoms with E-state index in [1.165, 1.54) is 12.8 Å². The van der Waals surface area contributed by atoms with Crippen molar-refractivity contribution < 1.29 is 0 Å². The summed E-state index contributed by atoms with van der Waals surface area (Å²) < 4.78 is 0.979. The van der Waals surface area contributed by atoms with Crippen LogP contribution in [0, 0.1) is 5.92 Å². The Kier molecular flexibility index (Phi) is 2.50. The predicted molar refractivity (Wildman–Crippen MR) is 72.4 cm³/mol. The maximum Gasteiger partial charge on any atom is 0.323 e. The molecule has 3 N–H and O–H groups in total. The van der Waals surface area contributed by atoms with E-state index in [9.17, 15) is 4.79 Å². The lowest BCUT2D eigenvalue weighted by molar-refractivity contribution is 0.694. The van der Waals surface area contributed by atoms with Crippen LogP contribution in [-0.2, 0) is 0 Å². The topological polar surface area (TPSA) is 60.7 Å². The summed E-state index contributed by atoms with van der Waals surface area (Å²) in [5.41, 5.74) is 2.53. The van der Waals surface area contributed by atoms with Crippen LogP contribution in [0.25, 0.3) is 11.0 Å². The van der Waals surface area contributed by atoms with Crippen LogP contribution in [0.5, 0.6) is 0 Å². The number of imidazole rings is 1. The van der Waals surface area contributed by atoms with E-state index in [1.807, 2.05) is 12.1 Å². The van der Waals surface area contributed by atoms with Gasteiger partial charge in [0.15, 0.2) is 0 Å². The van der Waals surface area contributed by atoms with Crippen molar-refractivity contribution in [3.05, 3.63) is 27.1 Å². The maximum atomic E-state index is 11.2. The Hall–Kier alpha value is -1.23. The number of benzene rings is 1. The monoisotopic (exact) mass is 295 g/mol. The summed E-state index contributed by atoms with van der Waals surface area (Å²) in [6, 6.07) is 4.38. The molecule has 90 valence electrons. The van der Waals surface area contributed by atoms with E-state index in [-0.39, 0.29) is 5.69 Å². The van der Waals surface area contributed by atoms with Gasteiger partial charge in [-0.2, -0.15) is 0 Å². The molecule has 1 heterocycles. The molecule has 17 heavy (non-hydrogen) atoms. The molecule has 1 fully saturated rings. The van der Waals surface area contributed by atoms with Crippen LogP contribution < -0.4 is 11.0 Å². The summed E-state index contributed by atoms with van der Waals surface area (Å²) in [7, 11) is 0. The smallest absolute Gasteiger partial charge is 0.323 e. The van der Waals surface area contributed by atoms with Gasteiger partial charge >= 0.3 is 5.69 Å². The Morgan fingerprint density at radius 2 is 2.00 bits per heavy atom. The second-order valence-electron chi connectivity index (χ2n) is 4.73. The molecule has 1 aromatic heterocycles. The van der Waals surface area contributed by atoms with E-state index in [4.69, 9.17) is 0 Å². The number of rotatable bonds is 3. The van der Waals surface area contributed by atoms with Crippen LogP contribution in [0.2, 0.25) is 0 Å². The number of H-pyrrole nitrogens is 2. The van der Waals surface area contributed by atoms with Crippen molar-refractivity contribution in [1.82, 2.24) is 9.97 Å². The third kappa shape index (κ3) is 2.11. The van der Waals surface area contributed by atoms with Crippen molar-refractivity contribution in [3.8, 4) is 0 Å². The number of aromatic nitrogens is 2. The highest BCUT2D eigenvalue weighted by Crippen LogP contribution is 2.35. The zero-order valence-electron chi connectivity index (χ0n) is 9.51. The average molecular weight is 296 g/mol. The molecule has 4 nitrogen and oxygen atoms in total. The molecule has 1 aromatic carbocycles. The maximum absolute atomic E-state index is 11.2. The summed E-state index contributed by atoms with van der Waals surface area (Å²) >= 11 is 3.53. The molecule has 1 saturated carbocycles. The first-order chi connectivity index (χ1) is 8.13. The van der Waals surface area contributed by atoms with Gasteiger partial charge in [-0.3, -0.25) is 0 Å². The highest BCUT2D eigenvalue weighted by atomic mass is 79.9. The first kappa shape index (κ1) is 10.9. The Labute approximate surface area is 107 Å². The molecule has 0 aliphatic heterocycles. The molecule has 0 saturated heterocycles. The van der Waals surface area contributed by atoms with E-state index in [0.29, 0.717) is 6.04 Å².